The Morgan fingerprint density at radius 2 is 2.20 bits per heavy atom. The van der Waals surface area contributed by atoms with Gasteiger partial charge in [-0.15, -0.1) is 5.10 Å². The summed E-state index contributed by atoms with van der Waals surface area (Å²) in [5.41, 5.74) is 1.75. The fourth-order valence-electron chi connectivity index (χ4n) is 2.94. The van der Waals surface area contributed by atoms with Crippen LogP contribution in [0.15, 0.2) is 24.4 Å². The van der Waals surface area contributed by atoms with Crippen LogP contribution in [0.2, 0.25) is 5.02 Å². The smallest absolute Gasteiger partial charge is 0.247 e. The molecule has 0 bridgehead atoms. The highest BCUT2D eigenvalue weighted by Gasteiger charge is 2.33. The molecule has 0 saturated carbocycles. The molecule has 3 rings (SSSR count). The molecule has 0 amide bonds. The lowest BCUT2D eigenvalue weighted by molar-refractivity contribution is 0.598. The van der Waals surface area contributed by atoms with Crippen molar-refractivity contribution in [1.82, 2.24) is 15.2 Å². The van der Waals surface area contributed by atoms with Crippen LogP contribution in [0.4, 0.5) is 17.5 Å². The lowest BCUT2D eigenvalue weighted by atomic mass is 10.2. The van der Waals surface area contributed by atoms with Gasteiger partial charge >= 0.3 is 0 Å². The predicted molar refractivity (Wildman–Crippen MR) is 99.4 cm³/mol. The average Bonchev–Trinajstić information content (AvgIpc) is 2.93. The van der Waals surface area contributed by atoms with Crippen molar-refractivity contribution in [3.8, 4) is 0 Å². The summed E-state index contributed by atoms with van der Waals surface area (Å²) in [5, 5.41) is 12.0. The zero-order valence-electron chi connectivity index (χ0n) is 14.1. The molecule has 1 aliphatic rings. The highest BCUT2D eigenvalue weighted by atomic mass is 35.5. The van der Waals surface area contributed by atoms with Crippen molar-refractivity contribution in [2.24, 2.45) is 0 Å². The molecule has 1 N–H and O–H groups in total. The molecule has 0 spiro atoms. The molecule has 1 fully saturated rings. The summed E-state index contributed by atoms with van der Waals surface area (Å²) in [7, 11) is -2.98. The molecule has 1 aliphatic heterocycles. The molecule has 1 atom stereocenters. The van der Waals surface area contributed by atoms with E-state index in [1.165, 1.54) is 6.20 Å². The Morgan fingerprint density at radius 3 is 2.88 bits per heavy atom. The van der Waals surface area contributed by atoms with Gasteiger partial charge in [-0.05, 0) is 38.0 Å². The lowest BCUT2D eigenvalue weighted by Crippen LogP contribution is -2.37. The van der Waals surface area contributed by atoms with Crippen molar-refractivity contribution in [2.45, 2.75) is 26.3 Å². The van der Waals surface area contributed by atoms with Crippen LogP contribution in [0, 0.1) is 6.92 Å². The van der Waals surface area contributed by atoms with Gasteiger partial charge in [0.25, 0.3) is 0 Å². The summed E-state index contributed by atoms with van der Waals surface area (Å²) in [6.07, 6.45) is 2.12. The quantitative estimate of drug-likeness (QED) is 0.851. The van der Waals surface area contributed by atoms with Crippen molar-refractivity contribution < 1.29 is 8.42 Å². The van der Waals surface area contributed by atoms with Crippen molar-refractivity contribution in [3.05, 3.63) is 35.0 Å². The Kier molecular flexibility index (Phi) is 5.10. The Bertz CT molecular complexity index is 875. The predicted octanol–water partition coefficient (Wildman–Crippen LogP) is 2.59. The van der Waals surface area contributed by atoms with E-state index < -0.39 is 9.84 Å². The third-order valence-electron chi connectivity index (χ3n) is 4.32. The van der Waals surface area contributed by atoms with Crippen LogP contribution in [0.3, 0.4) is 0 Å². The van der Waals surface area contributed by atoms with Gasteiger partial charge in [0.15, 0.2) is 15.7 Å². The Balaban J connectivity index is 1.84. The van der Waals surface area contributed by atoms with Crippen molar-refractivity contribution in [3.63, 3.8) is 0 Å². The third-order valence-corrected chi connectivity index (χ3v) is 6.48. The second-order valence-electron chi connectivity index (χ2n) is 6.02. The van der Waals surface area contributed by atoms with Crippen LogP contribution in [0.5, 0.6) is 0 Å². The number of aromatic nitrogens is 3. The number of hydrogen-bond acceptors (Lipinski definition) is 7. The topological polar surface area (TPSA) is 88.1 Å². The molecule has 2 heterocycles. The molecule has 1 saturated heterocycles. The number of benzene rings is 1. The van der Waals surface area contributed by atoms with Gasteiger partial charge in [-0.1, -0.05) is 17.7 Å². The fourth-order valence-corrected chi connectivity index (χ4v) is 4.85. The molecule has 7 nitrogen and oxygen atoms in total. The normalized spacial score (nSPS) is 18.9. The molecule has 25 heavy (non-hydrogen) atoms. The second-order valence-corrected chi connectivity index (χ2v) is 8.66. The number of sulfone groups is 1. The van der Waals surface area contributed by atoms with Crippen molar-refractivity contribution in [1.29, 1.82) is 0 Å². The minimum atomic E-state index is -2.98. The molecular weight excluding hydrogens is 362 g/mol. The summed E-state index contributed by atoms with van der Waals surface area (Å²) in [5.74, 6) is 1.31. The van der Waals surface area contributed by atoms with Crippen LogP contribution < -0.4 is 10.2 Å². The summed E-state index contributed by atoms with van der Waals surface area (Å²) in [4.78, 5) is 6.40. The first-order chi connectivity index (χ1) is 11.9. The Labute approximate surface area is 152 Å². The van der Waals surface area contributed by atoms with Gasteiger partial charge in [0, 0.05) is 23.3 Å². The van der Waals surface area contributed by atoms with Crippen LogP contribution in [-0.2, 0) is 9.84 Å². The van der Waals surface area contributed by atoms with Gasteiger partial charge < -0.3 is 10.2 Å². The molecule has 9 heteroatoms. The number of anilines is 3. The van der Waals surface area contributed by atoms with E-state index in [-0.39, 0.29) is 17.5 Å². The molecule has 1 aromatic heterocycles. The number of halogens is 1. The van der Waals surface area contributed by atoms with Gasteiger partial charge in [0.2, 0.25) is 5.95 Å². The summed E-state index contributed by atoms with van der Waals surface area (Å²) < 4.78 is 23.5. The number of nitrogens with zero attached hydrogens (tertiary/aromatic N) is 4. The number of rotatable bonds is 5. The highest BCUT2D eigenvalue weighted by molar-refractivity contribution is 7.91. The molecule has 0 radical (unpaired) electrons. The van der Waals surface area contributed by atoms with Gasteiger partial charge in [0.1, 0.15) is 0 Å². The third kappa shape index (κ3) is 4.01. The molecule has 134 valence electrons. The number of hydrogen-bond donors (Lipinski definition) is 1. The van der Waals surface area contributed by atoms with E-state index in [0.717, 1.165) is 11.3 Å². The minimum absolute atomic E-state index is 0.111. The maximum absolute atomic E-state index is 11.8. The van der Waals surface area contributed by atoms with Crippen LogP contribution in [-0.4, -0.2) is 47.7 Å². The van der Waals surface area contributed by atoms with Gasteiger partial charge in [-0.3, -0.25) is 0 Å². The first kappa shape index (κ1) is 17.9. The molecule has 1 aromatic carbocycles. The van der Waals surface area contributed by atoms with Gasteiger partial charge in [-0.2, -0.15) is 10.1 Å². The molecule has 2 aromatic rings. The summed E-state index contributed by atoms with van der Waals surface area (Å²) in [6, 6.07) is 5.48. The standard InChI is InChI=1S/C16H20ClN5O2S/c1-3-22(12-7-8-25(23,24)10-12)16-20-15(9-18-21-16)19-14-6-4-5-13(17)11(14)2/h4-6,9,12H,3,7-8,10H2,1-2H3,(H,19,20,21). The van der Waals surface area contributed by atoms with E-state index in [4.69, 9.17) is 11.6 Å². The molecular formula is C16H20ClN5O2S. The van der Waals surface area contributed by atoms with Crippen LogP contribution in [0.25, 0.3) is 0 Å². The monoisotopic (exact) mass is 381 g/mol. The lowest BCUT2D eigenvalue weighted by Gasteiger charge is -2.26. The first-order valence-corrected chi connectivity index (χ1v) is 10.3. The van der Waals surface area contributed by atoms with E-state index in [0.29, 0.717) is 29.8 Å². The van der Waals surface area contributed by atoms with E-state index in [1.807, 2.05) is 36.9 Å². The zero-order valence-corrected chi connectivity index (χ0v) is 15.7. The second kappa shape index (κ2) is 7.13. The van der Waals surface area contributed by atoms with E-state index in [1.54, 1.807) is 0 Å². The van der Waals surface area contributed by atoms with Crippen LogP contribution >= 0.6 is 11.6 Å². The first-order valence-electron chi connectivity index (χ1n) is 8.08. The SMILES string of the molecule is CCN(c1nncc(Nc2cccc(Cl)c2C)n1)C1CCS(=O)(=O)C1. The van der Waals surface area contributed by atoms with E-state index in [9.17, 15) is 8.42 Å². The van der Waals surface area contributed by atoms with E-state index >= 15 is 0 Å². The van der Waals surface area contributed by atoms with Crippen LogP contribution in [0.1, 0.15) is 18.9 Å². The highest BCUT2D eigenvalue weighted by Crippen LogP contribution is 2.26. The maximum Gasteiger partial charge on any atom is 0.247 e. The van der Waals surface area contributed by atoms with Gasteiger partial charge in [-0.25, -0.2) is 8.42 Å². The van der Waals surface area contributed by atoms with Crippen molar-refractivity contribution >= 4 is 38.9 Å². The summed E-state index contributed by atoms with van der Waals surface area (Å²) >= 11 is 6.14. The Morgan fingerprint density at radius 1 is 1.40 bits per heavy atom. The zero-order chi connectivity index (χ0) is 18.0. The van der Waals surface area contributed by atoms with E-state index in [2.05, 4.69) is 20.5 Å². The largest absolute Gasteiger partial charge is 0.339 e. The maximum atomic E-state index is 11.8. The minimum Gasteiger partial charge on any atom is -0.339 e. The number of nitrogens with one attached hydrogen (secondary N) is 1. The molecule has 1 unspecified atom stereocenters. The van der Waals surface area contributed by atoms with Crippen molar-refractivity contribution in [2.75, 3.05) is 28.3 Å². The Hall–Kier alpha value is -1.93. The fraction of sp³-hybridized carbons (Fsp3) is 0.438. The average molecular weight is 382 g/mol. The molecule has 0 aliphatic carbocycles. The van der Waals surface area contributed by atoms with Gasteiger partial charge in [0.05, 0.1) is 17.7 Å². The summed E-state index contributed by atoms with van der Waals surface area (Å²) in [6.45, 7) is 4.49.